The number of benzene rings is 6. The van der Waals surface area contributed by atoms with Crippen molar-refractivity contribution in [2.24, 2.45) is 0 Å². The molecule has 64 heavy (non-hydrogen) atoms. The summed E-state index contributed by atoms with van der Waals surface area (Å²) in [7, 11) is 0. The van der Waals surface area contributed by atoms with Crippen molar-refractivity contribution >= 4 is 55.1 Å². The van der Waals surface area contributed by atoms with Crippen LogP contribution in [0.4, 0.5) is 0 Å². The van der Waals surface area contributed by atoms with Gasteiger partial charge >= 0.3 is 0 Å². The summed E-state index contributed by atoms with van der Waals surface area (Å²) in [4.78, 5) is 9.99. The first-order valence-corrected chi connectivity index (χ1v) is 20.7. The van der Waals surface area contributed by atoms with Gasteiger partial charge in [0.1, 0.15) is 28.4 Å². The van der Waals surface area contributed by atoms with Crippen LogP contribution in [0, 0.1) is 52.2 Å². The highest BCUT2D eigenvalue weighted by molar-refractivity contribution is 6.30. The Morgan fingerprint density at radius 1 is 0.484 bits per heavy atom. The minimum Gasteiger partial charge on any atom is -0.307 e. The van der Waals surface area contributed by atoms with Gasteiger partial charge < -0.3 is 9.13 Å². The van der Waals surface area contributed by atoms with Crippen LogP contribution in [0.1, 0.15) is 28.2 Å². The summed E-state index contributed by atoms with van der Waals surface area (Å²) in [5.41, 5.74) is 6.20. The summed E-state index contributed by atoms with van der Waals surface area (Å²) < 4.78 is 4.00. The quantitative estimate of drug-likeness (QED) is 0.153. The molecule has 6 aromatic carbocycles. The Labute approximate surface area is 372 Å². The molecule has 8 nitrogen and oxygen atoms in total. The van der Waals surface area contributed by atoms with E-state index in [0.29, 0.717) is 89.0 Å². The molecular weight excluding hydrogens is 808 g/mol. The van der Waals surface area contributed by atoms with Crippen molar-refractivity contribution in [2.75, 3.05) is 0 Å². The lowest BCUT2D eigenvalue weighted by atomic mass is 9.98. The van der Waals surface area contributed by atoms with Crippen molar-refractivity contribution in [3.63, 3.8) is 0 Å². The van der Waals surface area contributed by atoms with Crippen LogP contribution in [0.2, 0.25) is 5.15 Å². The lowest BCUT2D eigenvalue weighted by Gasteiger charge is -2.17. The van der Waals surface area contributed by atoms with Crippen LogP contribution >= 0.6 is 11.6 Å². The number of nitrogens with zero attached hydrogens (tertiary/aromatic N) is 8. The van der Waals surface area contributed by atoms with Gasteiger partial charge in [-0.05, 0) is 66.2 Å². The number of nitriles is 4. The molecule has 10 rings (SSSR count). The molecule has 0 aliphatic heterocycles. The molecule has 0 atom stereocenters. The number of halogens is 1. The normalized spacial score (nSPS) is 12.0. The predicted octanol–water partition coefficient (Wildman–Crippen LogP) is 11.0. The highest BCUT2D eigenvalue weighted by atomic mass is 35.5. The van der Waals surface area contributed by atoms with Gasteiger partial charge in [-0.2, -0.15) is 21.0 Å². The summed E-state index contributed by atoms with van der Waals surface area (Å²) in [6.45, 7) is 1.90. The number of fused-ring (bicyclic) bond motifs is 3. The molecule has 0 amide bonds. The lowest BCUT2D eigenvalue weighted by molar-refractivity contribution is 1.01. The number of pyridine rings is 2. The van der Waals surface area contributed by atoms with Gasteiger partial charge in [0, 0.05) is 49.7 Å². The maximum atomic E-state index is 11.8. The van der Waals surface area contributed by atoms with Crippen LogP contribution in [-0.4, -0.2) is 19.1 Å². The number of rotatable bonds is 6. The summed E-state index contributed by atoms with van der Waals surface area (Å²) in [6.07, 6.45) is 0. The molecule has 10 aromatic rings. The van der Waals surface area contributed by atoms with Crippen molar-refractivity contribution in [3.8, 4) is 58.2 Å². The molecule has 0 spiro atoms. The van der Waals surface area contributed by atoms with Gasteiger partial charge in [-0.25, -0.2) is 4.98 Å². The van der Waals surface area contributed by atoms with Gasteiger partial charge in [0.05, 0.1) is 56.7 Å². The van der Waals surface area contributed by atoms with E-state index in [1.165, 1.54) is 0 Å². The molecule has 0 saturated heterocycles. The number of hydrogen-bond donors (Lipinski definition) is 0. The first-order chi connectivity index (χ1) is 31.4. The van der Waals surface area contributed by atoms with Crippen molar-refractivity contribution in [2.45, 2.75) is 6.92 Å². The highest BCUT2D eigenvalue weighted by Crippen LogP contribution is 2.40. The first-order valence-electron chi connectivity index (χ1n) is 20.4. The Kier molecular flexibility index (Phi) is 9.83. The Bertz CT molecular complexity index is 3600. The van der Waals surface area contributed by atoms with Gasteiger partial charge in [0.2, 0.25) is 0 Å². The molecule has 4 heterocycles. The molecule has 0 saturated carbocycles. The third kappa shape index (κ3) is 6.27. The number of hydrogen-bond acceptors (Lipinski definition) is 6. The molecule has 0 N–H and O–H groups in total. The van der Waals surface area contributed by atoms with E-state index in [4.69, 9.17) is 21.6 Å². The van der Waals surface area contributed by atoms with Gasteiger partial charge in [0.25, 0.3) is 0 Å². The van der Waals surface area contributed by atoms with Gasteiger partial charge in [-0.15, -0.1) is 0 Å². The van der Waals surface area contributed by atoms with Crippen molar-refractivity contribution in [3.05, 3.63) is 214 Å². The van der Waals surface area contributed by atoms with E-state index in [0.717, 1.165) is 16.2 Å². The van der Waals surface area contributed by atoms with E-state index < -0.39 is 0 Å². The minimum absolute atomic E-state index is 0.179. The topological polar surface area (TPSA) is 131 Å². The number of aryl methyl sites for hydroxylation is 1. The smallest absolute Gasteiger partial charge is 0.130 e. The second-order valence-electron chi connectivity index (χ2n) is 15.1. The fraction of sp³-hybridized carbons (Fsp3) is 0.0182. The maximum absolute atomic E-state index is 11.8. The average molecular weight is 839 g/mol. The van der Waals surface area contributed by atoms with Crippen LogP contribution in [0.25, 0.3) is 77.4 Å². The summed E-state index contributed by atoms with van der Waals surface area (Å²) in [5, 5.41) is 50.6. The van der Waals surface area contributed by atoms with Crippen LogP contribution in [-0.2, 0) is 0 Å². The van der Waals surface area contributed by atoms with E-state index in [1.54, 1.807) is 18.2 Å². The standard InChI is InChI=1S/C55H31ClN8/c1-34-28-35-16-8-12-24-41(35)50(61-34)45(32-59)54-48-49(53(44-27-15-11-19-38(44)31-58)63(54)39-20-4-2-5-21-39)55(46(33-60)51-42-25-13-9-17-36(42)29-47(56)62-51)64(40-22-6-3-7-23-40)52(48)43-26-14-10-18-37(43)30-57/h2-29H,1H3/b54-45-,55-46-. The van der Waals surface area contributed by atoms with Crippen LogP contribution in [0.5, 0.6) is 0 Å². The first kappa shape index (κ1) is 39.1. The Hall–Kier alpha value is -9.05. The van der Waals surface area contributed by atoms with Crippen LogP contribution in [0.15, 0.2) is 170 Å². The second kappa shape index (κ2) is 16.1. The summed E-state index contributed by atoms with van der Waals surface area (Å²) in [5.74, 6) is 0. The lowest BCUT2D eigenvalue weighted by Crippen LogP contribution is -2.24. The Balaban J connectivity index is 1.66. The van der Waals surface area contributed by atoms with Gasteiger partial charge in [-0.1, -0.05) is 133 Å². The minimum atomic E-state index is 0.179. The molecular formula is C55H31ClN8. The van der Waals surface area contributed by atoms with Crippen molar-refractivity contribution < 1.29 is 0 Å². The monoisotopic (exact) mass is 838 g/mol. The fourth-order valence-corrected chi connectivity index (χ4v) is 9.12. The second-order valence-corrected chi connectivity index (χ2v) is 15.5. The molecule has 298 valence electrons. The van der Waals surface area contributed by atoms with E-state index in [1.807, 2.05) is 168 Å². The molecule has 0 fully saturated rings. The average Bonchev–Trinajstić information content (AvgIpc) is 3.85. The summed E-state index contributed by atoms with van der Waals surface area (Å²) in [6, 6.07) is 63.2. The predicted molar refractivity (Wildman–Crippen MR) is 252 cm³/mol. The largest absolute Gasteiger partial charge is 0.307 e. The van der Waals surface area contributed by atoms with Gasteiger partial charge in [0.15, 0.2) is 0 Å². The Morgan fingerprint density at radius 3 is 1.36 bits per heavy atom. The van der Waals surface area contributed by atoms with Gasteiger partial charge in [-0.3, -0.25) is 4.98 Å². The Morgan fingerprint density at radius 2 is 0.891 bits per heavy atom. The highest BCUT2D eigenvalue weighted by Gasteiger charge is 2.32. The van der Waals surface area contributed by atoms with E-state index >= 15 is 0 Å². The zero-order valence-corrected chi connectivity index (χ0v) is 34.9. The zero-order valence-electron chi connectivity index (χ0n) is 34.1. The van der Waals surface area contributed by atoms with E-state index in [2.05, 4.69) is 24.3 Å². The maximum Gasteiger partial charge on any atom is 0.130 e. The number of para-hydroxylation sites is 2. The third-order valence-corrected chi connectivity index (χ3v) is 11.7. The van der Waals surface area contributed by atoms with E-state index in [-0.39, 0.29) is 16.3 Å². The fourth-order valence-electron chi connectivity index (χ4n) is 8.91. The zero-order chi connectivity index (χ0) is 43.9. The van der Waals surface area contributed by atoms with Crippen LogP contribution in [0.3, 0.4) is 0 Å². The van der Waals surface area contributed by atoms with Crippen molar-refractivity contribution in [1.29, 1.82) is 21.0 Å². The number of aromatic nitrogens is 4. The van der Waals surface area contributed by atoms with Crippen molar-refractivity contribution in [1.82, 2.24) is 19.1 Å². The molecule has 0 unspecified atom stereocenters. The molecule has 0 aliphatic carbocycles. The SMILES string of the molecule is Cc1cc2ccccc2c(/C(C#N)=c2/c3c(-c4ccccc4C#N)n(-c4ccccc4)/c(=C(/C#N)c4nc(Cl)cc5ccccc45)c3c(-c3ccccc3C#N)n2-c2ccccc2)n1. The molecule has 0 radical (unpaired) electrons. The molecule has 0 aliphatic rings. The summed E-state index contributed by atoms with van der Waals surface area (Å²) >= 11 is 6.83. The van der Waals surface area contributed by atoms with Crippen LogP contribution < -0.4 is 10.7 Å². The third-order valence-electron chi connectivity index (χ3n) is 11.5. The van der Waals surface area contributed by atoms with E-state index in [9.17, 15) is 21.0 Å². The molecule has 9 heteroatoms. The molecule has 4 aromatic heterocycles. The molecule has 0 bridgehead atoms.